The molecular formula is C51H30N4S. The lowest BCUT2D eigenvalue weighted by Crippen LogP contribution is -2.00. The van der Waals surface area contributed by atoms with Crippen molar-refractivity contribution in [1.82, 2.24) is 19.5 Å². The Morgan fingerprint density at radius 2 is 0.893 bits per heavy atom. The number of hydrogen-bond acceptors (Lipinski definition) is 4. The molecule has 12 rings (SSSR count). The van der Waals surface area contributed by atoms with E-state index >= 15 is 0 Å². The Bertz CT molecular complexity index is 3460. The molecule has 0 aliphatic rings. The first kappa shape index (κ1) is 31.2. The number of nitrogens with zero attached hydrogens (tertiary/aromatic N) is 4. The third kappa shape index (κ3) is 4.81. The molecule has 0 bridgehead atoms. The van der Waals surface area contributed by atoms with E-state index in [-0.39, 0.29) is 0 Å². The summed E-state index contributed by atoms with van der Waals surface area (Å²) in [6, 6.07) is 65.1. The molecule has 0 N–H and O–H groups in total. The second-order valence-corrected chi connectivity index (χ2v) is 15.5. The molecule has 56 heavy (non-hydrogen) atoms. The number of hydrogen-bond donors (Lipinski definition) is 0. The number of benzene rings is 9. The summed E-state index contributed by atoms with van der Waals surface area (Å²) in [5.74, 6) is 1.96. The van der Waals surface area contributed by atoms with Crippen LogP contribution in [0, 0.1) is 0 Å². The predicted octanol–water partition coefficient (Wildman–Crippen LogP) is 13.8. The molecule has 4 nitrogen and oxygen atoms in total. The standard InChI is InChI=1S/C51H30N4S/c1-3-13-34-28-36(22-20-31(34)10-1)49-52-50(37-23-21-32-11-2-4-14-35(32)29-37)54-51(53-49)38-24-26-41-46(30-38)56-45-19-9-18-43(48(41)45)55-42-17-8-7-16-40(42)47-39-15-6-5-12-33(39)25-27-44(47)55/h1-30H. The summed E-state index contributed by atoms with van der Waals surface area (Å²) in [4.78, 5) is 15.4. The second kappa shape index (κ2) is 12.2. The molecule has 0 unspecified atom stereocenters. The monoisotopic (exact) mass is 730 g/mol. The molecule has 0 atom stereocenters. The molecule has 0 saturated carbocycles. The van der Waals surface area contributed by atoms with Crippen LogP contribution in [0.5, 0.6) is 0 Å². The van der Waals surface area contributed by atoms with Gasteiger partial charge in [-0.3, -0.25) is 0 Å². The van der Waals surface area contributed by atoms with Crippen LogP contribution in [0.1, 0.15) is 0 Å². The van der Waals surface area contributed by atoms with Gasteiger partial charge < -0.3 is 4.57 Å². The summed E-state index contributed by atoms with van der Waals surface area (Å²) in [7, 11) is 0. The normalized spacial score (nSPS) is 11.9. The van der Waals surface area contributed by atoms with Crippen LogP contribution in [0.15, 0.2) is 182 Å². The van der Waals surface area contributed by atoms with Gasteiger partial charge in [0.1, 0.15) is 0 Å². The van der Waals surface area contributed by atoms with E-state index in [1.807, 2.05) is 11.3 Å². The molecule has 3 heterocycles. The van der Waals surface area contributed by atoms with Crippen LogP contribution in [-0.4, -0.2) is 19.5 Å². The fourth-order valence-corrected chi connectivity index (χ4v) is 9.72. The molecule has 260 valence electrons. The van der Waals surface area contributed by atoms with Gasteiger partial charge in [0.25, 0.3) is 0 Å². The van der Waals surface area contributed by atoms with E-state index in [1.165, 1.54) is 69.2 Å². The van der Waals surface area contributed by atoms with Gasteiger partial charge in [-0.05, 0) is 74.8 Å². The Kier molecular flexibility index (Phi) is 6.76. The minimum absolute atomic E-state index is 0.653. The van der Waals surface area contributed by atoms with Crippen molar-refractivity contribution in [3.63, 3.8) is 0 Å². The Morgan fingerprint density at radius 3 is 1.59 bits per heavy atom. The lowest BCUT2D eigenvalue weighted by molar-refractivity contribution is 1.08. The highest BCUT2D eigenvalue weighted by atomic mass is 32.1. The zero-order chi connectivity index (χ0) is 36.7. The van der Waals surface area contributed by atoms with E-state index in [2.05, 4.69) is 187 Å². The molecule has 0 aliphatic heterocycles. The van der Waals surface area contributed by atoms with E-state index < -0.39 is 0 Å². The molecule has 3 aromatic heterocycles. The Labute approximate surface area is 325 Å². The van der Waals surface area contributed by atoms with Gasteiger partial charge in [0.15, 0.2) is 17.5 Å². The van der Waals surface area contributed by atoms with Gasteiger partial charge in [-0.1, -0.05) is 140 Å². The summed E-state index contributed by atoms with van der Waals surface area (Å²) >= 11 is 1.81. The topological polar surface area (TPSA) is 43.6 Å². The van der Waals surface area contributed by atoms with Gasteiger partial charge >= 0.3 is 0 Å². The first-order valence-corrected chi connectivity index (χ1v) is 19.7. The van der Waals surface area contributed by atoms with Crippen LogP contribution in [0.2, 0.25) is 0 Å². The largest absolute Gasteiger partial charge is 0.309 e. The van der Waals surface area contributed by atoms with Crippen molar-refractivity contribution in [2.45, 2.75) is 0 Å². The van der Waals surface area contributed by atoms with Crippen LogP contribution in [0.4, 0.5) is 0 Å². The quantitative estimate of drug-likeness (QED) is 0.181. The van der Waals surface area contributed by atoms with Crippen LogP contribution >= 0.6 is 11.3 Å². The van der Waals surface area contributed by atoms with Crippen molar-refractivity contribution in [3.05, 3.63) is 182 Å². The molecule has 0 fully saturated rings. The Hall–Kier alpha value is -7.21. The van der Waals surface area contributed by atoms with Crippen LogP contribution in [-0.2, 0) is 0 Å². The van der Waals surface area contributed by atoms with Gasteiger partial charge in [0, 0.05) is 47.6 Å². The minimum atomic E-state index is 0.653. The van der Waals surface area contributed by atoms with Crippen molar-refractivity contribution < 1.29 is 0 Å². The smallest absolute Gasteiger partial charge is 0.164 e. The van der Waals surface area contributed by atoms with Crippen molar-refractivity contribution in [3.8, 4) is 39.9 Å². The lowest BCUT2D eigenvalue weighted by Gasteiger charge is -2.11. The number of para-hydroxylation sites is 1. The van der Waals surface area contributed by atoms with Crippen LogP contribution < -0.4 is 0 Å². The second-order valence-electron chi connectivity index (χ2n) is 14.4. The molecular weight excluding hydrogens is 701 g/mol. The summed E-state index contributed by atoms with van der Waals surface area (Å²) < 4.78 is 4.89. The lowest BCUT2D eigenvalue weighted by atomic mass is 10.0. The van der Waals surface area contributed by atoms with Crippen LogP contribution in [0.3, 0.4) is 0 Å². The van der Waals surface area contributed by atoms with Gasteiger partial charge in [-0.15, -0.1) is 11.3 Å². The third-order valence-corrected chi connectivity index (χ3v) is 12.3. The summed E-state index contributed by atoms with van der Waals surface area (Å²) in [6.07, 6.45) is 0. The minimum Gasteiger partial charge on any atom is -0.309 e. The first-order valence-electron chi connectivity index (χ1n) is 18.8. The van der Waals surface area contributed by atoms with E-state index in [9.17, 15) is 0 Å². The van der Waals surface area contributed by atoms with E-state index in [4.69, 9.17) is 15.0 Å². The highest BCUT2D eigenvalue weighted by Crippen LogP contribution is 2.43. The molecule has 0 aliphatic carbocycles. The zero-order valence-corrected chi connectivity index (χ0v) is 30.8. The van der Waals surface area contributed by atoms with Gasteiger partial charge in [-0.2, -0.15) is 0 Å². The van der Waals surface area contributed by atoms with E-state index in [0.717, 1.165) is 27.5 Å². The highest BCUT2D eigenvalue weighted by molar-refractivity contribution is 7.26. The maximum Gasteiger partial charge on any atom is 0.164 e. The summed E-state index contributed by atoms with van der Waals surface area (Å²) in [6.45, 7) is 0. The van der Waals surface area contributed by atoms with Crippen molar-refractivity contribution >= 4 is 85.6 Å². The summed E-state index contributed by atoms with van der Waals surface area (Å²) in [5, 5.41) is 12.2. The van der Waals surface area contributed by atoms with Crippen molar-refractivity contribution in [2.75, 3.05) is 0 Å². The molecule has 0 spiro atoms. The summed E-state index contributed by atoms with van der Waals surface area (Å²) in [5.41, 5.74) is 6.47. The fraction of sp³-hybridized carbons (Fsp3) is 0. The Morgan fingerprint density at radius 1 is 0.339 bits per heavy atom. The van der Waals surface area contributed by atoms with Gasteiger partial charge in [0.05, 0.1) is 16.7 Å². The molecule has 0 saturated heterocycles. The molecule has 12 aromatic rings. The Balaban J connectivity index is 1.06. The third-order valence-electron chi connectivity index (χ3n) is 11.2. The molecule has 0 amide bonds. The molecule has 5 heteroatoms. The number of fused-ring (bicyclic) bond motifs is 10. The van der Waals surface area contributed by atoms with E-state index in [0.29, 0.717) is 17.5 Å². The SMILES string of the molecule is c1ccc2cc(-c3nc(-c4ccc5ccccc5c4)nc(-c4ccc5c(c4)sc4cccc(-n6c7ccccc7c7c8ccccc8ccc76)c45)n3)ccc2c1. The molecule has 9 aromatic carbocycles. The number of aromatic nitrogens is 4. The maximum atomic E-state index is 5.16. The fourth-order valence-electron chi connectivity index (χ4n) is 8.55. The van der Waals surface area contributed by atoms with Crippen molar-refractivity contribution in [2.24, 2.45) is 0 Å². The van der Waals surface area contributed by atoms with Gasteiger partial charge in [0.2, 0.25) is 0 Å². The maximum absolute atomic E-state index is 5.16. The highest BCUT2D eigenvalue weighted by Gasteiger charge is 2.20. The first-order chi connectivity index (χ1) is 27.7. The number of thiophene rings is 1. The predicted molar refractivity (Wildman–Crippen MR) is 236 cm³/mol. The molecule has 0 radical (unpaired) electrons. The number of rotatable bonds is 4. The average molecular weight is 731 g/mol. The average Bonchev–Trinajstić information content (AvgIpc) is 3.82. The van der Waals surface area contributed by atoms with Crippen molar-refractivity contribution in [1.29, 1.82) is 0 Å². The van der Waals surface area contributed by atoms with Gasteiger partial charge in [-0.25, -0.2) is 15.0 Å². The van der Waals surface area contributed by atoms with E-state index in [1.54, 1.807) is 0 Å². The van der Waals surface area contributed by atoms with Crippen LogP contribution in [0.25, 0.3) is 114 Å². The zero-order valence-electron chi connectivity index (χ0n) is 30.0.